The first kappa shape index (κ1) is 16.2. The molecule has 0 bridgehead atoms. The maximum absolute atomic E-state index is 12.1. The molecule has 1 amide bonds. The van der Waals surface area contributed by atoms with Gasteiger partial charge in [-0.2, -0.15) is 0 Å². The fourth-order valence-corrected chi connectivity index (χ4v) is 2.81. The molecule has 0 radical (unpaired) electrons. The number of nitrogens with one attached hydrogen (secondary N) is 1. The largest absolute Gasteiger partial charge is 0.322 e. The van der Waals surface area contributed by atoms with E-state index in [1.54, 1.807) is 18.2 Å². The van der Waals surface area contributed by atoms with E-state index >= 15 is 0 Å². The van der Waals surface area contributed by atoms with Crippen molar-refractivity contribution in [2.75, 3.05) is 5.32 Å². The van der Waals surface area contributed by atoms with E-state index < -0.39 is 10.0 Å². The molecular formula is C13H10ClIN2O3S. The second-order valence-electron chi connectivity index (χ2n) is 4.15. The molecule has 3 N–H and O–H groups in total. The fraction of sp³-hybridized carbons (Fsp3) is 0. The van der Waals surface area contributed by atoms with Crippen LogP contribution in [-0.4, -0.2) is 14.3 Å². The van der Waals surface area contributed by atoms with Crippen molar-refractivity contribution >= 4 is 55.8 Å². The van der Waals surface area contributed by atoms with Gasteiger partial charge in [-0.25, -0.2) is 13.6 Å². The second-order valence-corrected chi connectivity index (χ2v) is 7.36. The van der Waals surface area contributed by atoms with E-state index in [0.717, 1.165) is 3.57 Å². The molecule has 0 saturated heterocycles. The summed E-state index contributed by atoms with van der Waals surface area (Å²) in [5.41, 5.74) is 0.793. The first-order chi connectivity index (χ1) is 9.77. The number of hydrogen-bond donors (Lipinski definition) is 2. The Balaban J connectivity index is 2.22. The predicted molar refractivity (Wildman–Crippen MR) is 89.9 cm³/mol. The minimum Gasteiger partial charge on any atom is -0.322 e. The molecule has 110 valence electrons. The molecular weight excluding hydrogens is 427 g/mol. The lowest BCUT2D eigenvalue weighted by Crippen LogP contribution is -2.14. The summed E-state index contributed by atoms with van der Waals surface area (Å²) in [6, 6.07) is 10.7. The number of nitrogens with two attached hydrogens (primary N) is 1. The molecule has 2 rings (SSSR count). The number of hydrogen-bond acceptors (Lipinski definition) is 3. The Kier molecular flexibility index (Phi) is 4.87. The van der Waals surface area contributed by atoms with E-state index in [1.807, 2.05) is 0 Å². The lowest BCUT2D eigenvalue weighted by Gasteiger charge is -2.08. The van der Waals surface area contributed by atoms with Crippen LogP contribution in [0, 0.1) is 3.57 Å². The molecule has 0 saturated carbocycles. The van der Waals surface area contributed by atoms with Crippen LogP contribution < -0.4 is 10.5 Å². The first-order valence-corrected chi connectivity index (χ1v) is 8.67. The van der Waals surface area contributed by atoms with Crippen LogP contribution in [0.3, 0.4) is 0 Å². The standard InChI is InChI=1S/C13H10ClIN2O3S/c14-12-6-1-8(15)7-11(12)13(18)17-9-2-4-10(5-3-9)21(16,19)20/h1-7H,(H,17,18)(H2,16,19,20). The van der Waals surface area contributed by atoms with E-state index in [1.165, 1.54) is 24.3 Å². The molecule has 21 heavy (non-hydrogen) atoms. The molecule has 0 spiro atoms. The summed E-state index contributed by atoms with van der Waals surface area (Å²) < 4.78 is 23.2. The number of carbonyl (C=O) groups is 1. The highest BCUT2D eigenvalue weighted by Gasteiger charge is 2.12. The van der Waals surface area contributed by atoms with Gasteiger partial charge in [-0.1, -0.05) is 11.6 Å². The molecule has 0 aliphatic heterocycles. The smallest absolute Gasteiger partial charge is 0.257 e. The van der Waals surface area contributed by atoms with Crippen molar-refractivity contribution < 1.29 is 13.2 Å². The van der Waals surface area contributed by atoms with Crippen molar-refractivity contribution in [1.82, 2.24) is 0 Å². The zero-order valence-electron chi connectivity index (χ0n) is 10.5. The maximum Gasteiger partial charge on any atom is 0.257 e. The van der Waals surface area contributed by atoms with Gasteiger partial charge in [0.05, 0.1) is 15.5 Å². The lowest BCUT2D eigenvalue weighted by atomic mass is 10.2. The van der Waals surface area contributed by atoms with Gasteiger partial charge in [-0.3, -0.25) is 4.79 Å². The summed E-state index contributed by atoms with van der Waals surface area (Å²) in [4.78, 5) is 12.1. The number of rotatable bonds is 3. The monoisotopic (exact) mass is 436 g/mol. The molecule has 0 aliphatic rings. The van der Waals surface area contributed by atoms with Crippen LogP contribution in [0.5, 0.6) is 0 Å². The van der Waals surface area contributed by atoms with Crippen LogP contribution in [-0.2, 0) is 10.0 Å². The number of benzene rings is 2. The topological polar surface area (TPSA) is 89.3 Å². The quantitative estimate of drug-likeness (QED) is 0.725. The Bertz CT molecular complexity index is 792. The molecule has 0 aromatic heterocycles. The fourth-order valence-electron chi connectivity index (χ4n) is 1.60. The van der Waals surface area contributed by atoms with Crippen molar-refractivity contribution in [2.45, 2.75) is 4.90 Å². The molecule has 0 unspecified atom stereocenters. The van der Waals surface area contributed by atoms with Gasteiger partial charge in [0.15, 0.2) is 0 Å². The molecule has 5 nitrogen and oxygen atoms in total. The van der Waals surface area contributed by atoms with Gasteiger partial charge in [0.2, 0.25) is 10.0 Å². The molecule has 2 aromatic carbocycles. The Morgan fingerprint density at radius 3 is 2.33 bits per heavy atom. The van der Waals surface area contributed by atoms with Gasteiger partial charge in [-0.15, -0.1) is 0 Å². The van der Waals surface area contributed by atoms with Crippen molar-refractivity contribution in [3.05, 3.63) is 56.6 Å². The van der Waals surface area contributed by atoms with E-state index in [9.17, 15) is 13.2 Å². The van der Waals surface area contributed by atoms with Crippen LogP contribution >= 0.6 is 34.2 Å². The van der Waals surface area contributed by atoms with Crippen LogP contribution in [0.1, 0.15) is 10.4 Å². The van der Waals surface area contributed by atoms with Crippen LogP contribution in [0.15, 0.2) is 47.4 Å². The minimum absolute atomic E-state index is 0.0206. The summed E-state index contributed by atoms with van der Waals surface area (Å²) >= 11 is 8.06. The molecule has 0 heterocycles. The lowest BCUT2D eigenvalue weighted by molar-refractivity contribution is 0.102. The Morgan fingerprint density at radius 2 is 1.76 bits per heavy atom. The Labute approximate surface area is 140 Å². The van der Waals surface area contributed by atoms with E-state index in [4.69, 9.17) is 16.7 Å². The third-order valence-corrected chi connectivity index (χ3v) is 4.54. The summed E-state index contributed by atoms with van der Waals surface area (Å²) in [5, 5.41) is 7.99. The normalized spacial score (nSPS) is 11.2. The molecule has 0 aliphatic carbocycles. The Hall–Kier alpha value is -1.16. The van der Waals surface area contributed by atoms with Gasteiger partial charge in [0.1, 0.15) is 0 Å². The minimum atomic E-state index is -3.75. The number of amides is 1. The van der Waals surface area contributed by atoms with Crippen molar-refractivity contribution in [3.63, 3.8) is 0 Å². The van der Waals surface area contributed by atoms with Gasteiger partial charge < -0.3 is 5.32 Å². The van der Waals surface area contributed by atoms with Gasteiger partial charge >= 0.3 is 0 Å². The highest BCUT2D eigenvalue weighted by molar-refractivity contribution is 14.1. The first-order valence-electron chi connectivity index (χ1n) is 5.66. The average molecular weight is 437 g/mol. The van der Waals surface area contributed by atoms with Crippen LogP contribution in [0.25, 0.3) is 0 Å². The van der Waals surface area contributed by atoms with Gasteiger partial charge in [-0.05, 0) is 65.1 Å². The average Bonchev–Trinajstić information content (AvgIpc) is 2.41. The predicted octanol–water partition coefficient (Wildman–Crippen LogP) is 2.84. The number of sulfonamides is 1. The molecule has 8 heteroatoms. The molecule has 2 aromatic rings. The van der Waals surface area contributed by atoms with Crippen molar-refractivity contribution in [2.24, 2.45) is 5.14 Å². The van der Waals surface area contributed by atoms with Gasteiger partial charge in [0.25, 0.3) is 5.91 Å². The van der Waals surface area contributed by atoms with Crippen molar-refractivity contribution in [3.8, 4) is 0 Å². The van der Waals surface area contributed by atoms with Gasteiger partial charge in [0, 0.05) is 9.26 Å². The summed E-state index contributed by atoms with van der Waals surface area (Å²) in [5.74, 6) is -0.373. The zero-order chi connectivity index (χ0) is 15.6. The highest BCUT2D eigenvalue weighted by atomic mass is 127. The SMILES string of the molecule is NS(=O)(=O)c1ccc(NC(=O)c2cc(I)ccc2Cl)cc1. The number of carbonyl (C=O) groups excluding carboxylic acids is 1. The molecule has 0 atom stereocenters. The van der Waals surface area contributed by atoms with Crippen LogP contribution in [0.4, 0.5) is 5.69 Å². The number of anilines is 1. The summed E-state index contributed by atoms with van der Waals surface area (Å²) in [7, 11) is -3.75. The number of primary sulfonamides is 1. The Morgan fingerprint density at radius 1 is 1.14 bits per heavy atom. The summed E-state index contributed by atoms with van der Waals surface area (Å²) in [6.07, 6.45) is 0. The summed E-state index contributed by atoms with van der Waals surface area (Å²) in [6.45, 7) is 0. The van der Waals surface area contributed by atoms with Crippen LogP contribution in [0.2, 0.25) is 5.02 Å². The van der Waals surface area contributed by atoms with E-state index in [-0.39, 0.29) is 10.8 Å². The maximum atomic E-state index is 12.1. The third-order valence-electron chi connectivity index (χ3n) is 2.61. The molecule has 0 fully saturated rings. The number of halogens is 2. The van der Waals surface area contributed by atoms with E-state index in [0.29, 0.717) is 16.3 Å². The van der Waals surface area contributed by atoms with E-state index in [2.05, 4.69) is 27.9 Å². The third kappa shape index (κ3) is 4.16. The van der Waals surface area contributed by atoms with Crippen molar-refractivity contribution in [1.29, 1.82) is 0 Å². The second kappa shape index (κ2) is 6.30. The highest BCUT2D eigenvalue weighted by Crippen LogP contribution is 2.21. The zero-order valence-corrected chi connectivity index (χ0v) is 14.2.